The van der Waals surface area contributed by atoms with E-state index >= 15 is 0 Å². The minimum Gasteiger partial charge on any atom is -0.389 e. The van der Waals surface area contributed by atoms with Crippen molar-refractivity contribution >= 4 is 0 Å². The van der Waals surface area contributed by atoms with Crippen molar-refractivity contribution in [2.75, 3.05) is 0 Å². The van der Waals surface area contributed by atoms with Crippen LogP contribution < -0.4 is 0 Å². The summed E-state index contributed by atoms with van der Waals surface area (Å²) in [6.45, 7) is 3.56. The standard InChI is InChI=1S/C12H13N3O/c1-8-10(9(2)16)7-14-12(15-8)11-5-3-4-6-13-11/h3-7,9,16H,1-2H3/t9-/m0/s1. The van der Waals surface area contributed by atoms with Gasteiger partial charge < -0.3 is 5.11 Å². The molecule has 0 saturated heterocycles. The number of hydrogen-bond acceptors (Lipinski definition) is 4. The number of nitrogens with zero attached hydrogens (tertiary/aromatic N) is 3. The largest absolute Gasteiger partial charge is 0.389 e. The van der Waals surface area contributed by atoms with Crippen LogP contribution in [0.25, 0.3) is 11.5 Å². The van der Waals surface area contributed by atoms with Crippen molar-refractivity contribution in [2.24, 2.45) is 0 Å². The van der Waals surface area contributed by atoms with Crippen LogP contribution in [-0.4, -0.2) is 20.1 Å². The zero-order chi connectivity index (χ0) is 11.5. The Morgan fingerprint density at radius 2 is 2.06 bits per heavy atom. The van der Waals surface area contributed by atoms with Crippen LogP contribution in [0.4, 0.5) is 0 Å². The molecule has 0 radical (unpaired) electrons. The Hall–Kier alpha value is -1.81. The number of hydrogen-bond donors (Lipinski definition) is 1. The first kappa shape index (κ1) is 10.7. The van der Waals surface area contributed by atoms with Crippen molar-refractivity contribution in [2.45, 2.75) is 20.0 Å². The molecule has 0 saturated carbocycles. The van der Waals surface area contributed by atoms with Gasteiger partial charge in [0.25, 0.3) is 0 Å². The van der Waals surface area contributed by atoms with E-state index in [1.807, 2.05) is 25.1 Å². The van der Waals surface area contributed by atoms with Gasteiger partial charge in [0.2, 0.25) is 0 Å². The molecule has 2 rings (SSSR count). The summed E-state index contributed by atoms with van der Waals surface area (Å²) in [7, 11) is 0. The Kier molecular flexibility index (Phi) is 2.92. The van der Waals surface area contributed by atoms with Gasteiger partial charge in [-0.2, -0.15) is 0 Å². The normalized spacial score (nSPS) is 12.4. The predicted molar refractivity (Wildman–Crippen MR) is 60.6 cm³/mol. The summed E-state index contributed by atoms with van der Waals surface area (Å²) in [5, 5.41) is 9.47. The summed E-state index contributed by atoms with van der Waals surface area (Å²) >= 11 is 0. The lowest BCUT2D eigenvalue weighted by molar-refractivity contribution is 0.197. The van der Waals surface area contributed by atoms with E-state index in [2.05, 4.69) is 15.0 Å². The van der Waals surface area contributed by atoms with E-state index in [0.717, 1.165) is 17.0 Å². The SMILES string of the molecule is Cc1nc(-c2ccccn2)ncc1[C@H](C)O. The first-order valence-corrected chi connectivity index (χ1v) is 5.11. The zero-order valence-corrected chi connectivity index (χ0v) is 9.25. The molecular formula is C12H13N3O. The quantitative estimate of drug-likeness (QED) is 0.831. The van der Waals surface area contributed by atoms with Crippen LogP contribution in [0, 0.1) is 6.92 Å². The summed E-state index contributed by atoms with van der Waals surface area (Å²) in [6.07, 6.45) is 2.81. The summed E-state index contributed by atoms with van der Waals surface area (Å²) in [5.74, 6) is 0.586. The van der Waals surface area contributed by atoms with Gasteiger partial charge in [0, 0.05) is 23.7 Å². The van der Waals surface area contributed by atoms with E-state index in [1.165, 1.54) is 0 Å². The highest BCUT2D eigenvalue weighted by molar-refractivity contribution is 5.48. The molecule has 0 unspecified atom stereocenters. The number of rotatable bonds is 2. The first-order chi connectivity index (χ1) is 7.68. The Labute approximate surface area is 94.0 Å². The van der Waals surface area contributed by atoms with Crippen LogP contribution in [0.3, 0.4) is 0 Å². The molecule has 2 aromatic rings. The Balaban J connectivity index is 2.43. The highest BCUT2D eigenvalue weighted by atomic mass is 16.3. The molecule has 1 atom stereocenters. The van der Waals surface area contributed by atoms with E-state index in [1.54, 1.807) is 19.3 Å². The molecule has 1 N–H and O–H groups in total. The molecule has 4 heteroatoms. The molecule has 4 nitrogen and oxygen atoms in total. The van der Waals surface area contributed by atoms with E-state index in [-0.39, 0.29) is 0 Å². The molecule has 0 fully saturated rings. The van der Waals surface area contributed by atoms with Gasteiger partial charge in [0.05, 0.1) is 6.10 Å². The Morgan fingerprint density at radius 1 is 1.25 bits per heavy atom. The predicted octanol–water partition coefficient (Wildman–Crippen LogP) is 1.90. The molecule has 0 spiro atoms. The van der Waals surface area contributed by atoms with Crippen molar-refractivity contribution < 1.29 is 5.11 Å². The number of aromatic nitrogens is 3. The van der Waals surface area contributed by atoms with E-state index < -0.39 is 6.10 Å². The fourth-order valence-corrected chi connectivity index (χ4v) is 1.50. The lowest BCUT2D eigenvalue weighted by Gasteiger charge is -2.08. The summed E-state index contributed by atoms with van der Waals surface area (Å²) in [5.41, 5.74) is 2.27. The summed E-state index contributed by atoms with van der Waals surface area (Å²) in [4.78, 5) is 12.7. The fraction of sp³-hybridized carbons (Fsp3) is 0.250. The highest BCUT2D eigenvalue weighted by Crippen LogP contribution is 2.17. The van der Waals surface area contributed by atoms with Gasteiger partial charge in [0.1, 0.15) is 5.69 Å². The molecule has 0 aliphatic rings. The second-order valence-electron chi connectivity index (χ2n) is 3.63. The average molecular weight is 215 g/mol. The smallest absolute Gasteiger partial charge is 0.178 e. The third-order valence-corrected chi connectivity index (χ3v) is 2.36. The lowest BCUT2D eigenvalue weighted by Crippen LogP contribution is -2.01. The van der Waals surface area contributed by atoms with Gasteiger partial charge in [-0.3, -0.25) is 4.98 Å². The van der Waals surface area contributed by atoms with Gasteiger partial charge in [-0.25, -0.2) is 9.97 Å². The van der Waals surface area contributed by atoms with Crippen molar-refractivity contribution in [3.05, 3.63) is 41.9 Å². The van der Waals surface area contributed by atoms with Gasteiger partial charge in [-0.1, -0.05) is 6.07 Å². The lowest BCUT2D eigenvalue weighted by atomic mass is 10.1. The Morgan fingerprint density at radius 3 is 2.62 bits per heavy atom. The zero-order valence-electron chi connectivity index (χ0n) is 9.25. The molecule has 2 aromatic heterocycles. The van der Waals surface area contributed by atoms with Gasteiger partial charge in [-0.15, -0.1) is 0 Å². The number of aliphatic hydroxyl groups excluding tert-OH is 1. The fourth-order valence-electron chi connectivity index (χ4n) is 1.50. The maximum absolute atomic E-state index is 9.47. The van der Waals surface area contributed by atoms with Crippen LogP contribution in [-0.2, 0) is 0 Å². The minimum atomic E-state index is -0.544. The van der Waals surface area contributed by atoms with Crippen LogP contribution in [0.15, 0.2) is 30.6 Å². The monoisotopic (exact) mass is 215 g/mol. The Bertz CT molecular complexity index is 483. The number of aryl methyl sites for hydroxylation is 1. The van der Waals surface area contributed by atoms with Gasteiger partial charge in [-0.05, 0) is 26.0 Å². The molecule has 0 bridgehead atoms. The molecule has 2 heterocycles. The molecule has 16 heavy (non-hydrogen) atoms. The van der Waals surface area contributed by atoms with Crippen molar-refractivity contribution in [1.82, 2.24) is 15.0 Å². The average Bonchev–Trinajstić information content (AvgIpc) is 2.29. The summed E-state index contributed by atoms with van der Waals surface area (Å²) in [6, 6.07) is 5.60. The van der Waals surface area contributed by atoms with E-state index in [0.29, 0.717) is 5.82 Å². The third kappa shape index (κ3) is 2.06. The second-order valence-corrected chi connectivity index (χ2v) is 3.63. The van der Waals surface area contributed by atoms with Gasteiger partial charge >= 0.3 is 0 Å². The first-order valence-electron chi connectivity index (χ1n) is 5.11. The van der Waals surface area contributed by atoms with Crippen LogP contribution >= 0.6 is 0 Å². The topological polar surface area (TPSA) is 58.9 Å². The maximum atomic E-state index is 9.47. The molecule has 0 aliphatic heterocycles. The molecule has 0 aliphatic carbocycles. The minimum absolute atomic E-state index is 0.544. The highest BCUT2D eigenvalue weighted by Gasteiger charge is 2.09. The summed E-state index contributed by atoms with van der Waals surface area (Å²) < 4.78 is 0. The van der Waals surface area contributed by atoms with E-state index in [4.69, 9.17) is 0 Å². The number of aliphatic hydroxyl groups is 1. The molecule has 0 aromatic carbocycles. The van der Waals surface area contributed by atoms with E-state index in [9.17, 15) is 5.11 Å². The van der Waals surface area contributed by atoms with Crippen LogP contribution in [0.2, 0.25) is 0 Å². The number of pyridine rings is 1. The van der Waals surface area contributed by atoms with Crippen molar-refractivity contribution in [3.63, 3.8) is 0 Å². The van der Waals surface area contributed by atoms with Crippen molar-refractivity contribution in [1.29, 1.82) is 0 Å². The second kappa shape index (κ2) is 4.37. The molecule has 0 amide bonds. The van der Waals surface area contributed by atoms with Crippen LogP contribution in [0.1, 0.15) is 24.3 Å². The maximum Gasteiger partial charge on any atom is 0.178 e. The van der Waals surface area contributed by atoms with Crippen molar-refractivity contribution in [3.8, 4) is 11.5 Å². The molecule has 82 valence electrons. The van der Waals surface area contributed by atoms with Crippen LogP contribution in [0.5, 0.6) is 0 Å². The molecular weight excluding hydrogens is 202 g/mol. The van der Waals surface area contributed by atoms with Gasteiger partial charge in [0.15, 0.2) is 5.82 Å². The third-order valence-electron chi connectivity index (χ3n) is 2.36.